The molecule has 0 bridgehead atoms. The molecule has 11 nitrogen and oxygen atoms in total. The predicted molar refractivity (Wildman–Crippen MR) is 81.6 cm³/mol. The maximum atomic E-state index is 11.5. The number of hydrogen-bond donors (Lipinski definition) is 3. The van der Waals surface area contributed by atoms with E-state index < -0.39 is 16.9 Å². The summed E-state index contributed by atoms with van der Waals surface area (Å²) in [6.07, 6.45) is 0.759. The monoisotopic (exact) mass is 339 g/mol. The second-order valence-corrected chi connectivity index (χ2v) is 5.18. The predicted octanol–water partition coefficient (Wildman–Crippen LogP) is 0.714. The molecule has 0 aliphatic heterocycles. The second kappa shape index (κ2) is 6.83. The molecule has 0 radical (unpaired) electrons. The van der Waals surface area contributed by atoms with Gasteiger partial charge >= 0.3 is 5.82 Å². The van der Waals surface area contributed by atoms with Gasteiger partial charge in [0.2, 0.25) is 11.9 Å². The summed E-state index contributed by atoms with van der Waals surface area (Å²) in [4.78, 5) is 37.0. The van der Waals surface area contributed by atoms with Crippen molar-refractivity contribution < 1.29 is 14.6 Å². The topological polar surface area (TPSA) is 175 Å². The van der Waals surface area contributed by atoms with Gasteiger partial charge in [0.25, 0.3) is 5.91 Å². The molecule has 0 aromatic carbocycles. The Bertz CT molecular complexity index is 753. The number of anilines is 1. The van der Waals surface area contributed by atoms with E-state index in [1.54, 1.807) is 6.92 Å². The number of carbonyl (C=O) groups excluding carboxylic acids is 1. The van der Waals surface area contributed by atoms with Crippen LogP contribution in [0.15, 0.2) is 16.7 Å². The molecule has 2 aromatic rings. The maximum absolute atomic E-state index is 11.5. The van der Waals surface area contributed by atoms with E-state index in [1.165, 1.54) is 5.38 Å². The lowest BCUT2D eigenvalue weighted by molar-refractivity contribution is -0.389. The highest BCUT2D eigenvalue weighted by atomic mass is 32.1. The number of aromatic nitrogens is 3. The van der Waals surface area contributed by atoms with Crippen LogP contribution in [0, 0.1) is 10.1 Å². The van der Waals surface area contributed by atoms with Gasteiger partial charge < -0.3 is 26.4 Å². The number of nitrogen functional groups attached to an aromatic ring is 1. The molecule has 0 saturated heterocycles. The second-order valence-electron chi connectivity index (χ2n) is 4.29. The Hall–Kier alpha value is -3.02. The number of nitrogens with two attached hydrogens (primary N) is 2. The largest absolute Gasteiger partial charge is 0.381 e. The molecule has 0 spiro atoms. The van der Waals surface area contributed by atoms with Gasteiger partial charge in [-0.25, -0.2) is 15.0 Å². The van der Waals surface area contributed by atoms with Crippen molar-refractivity contribution in [2.75, 3.05) is 5.73 Å². The zero-order valence-electron chi connectivity index (χ0n) is 11.9. The van der Waals surface area contributed by atoms with Crippen molar-refractivity contribution in [3.05, 3.63) is 33.2 Å². The molecule has 23 heavy (non-hydrogen) atoms. The van der Waals surface area contributed by atoms with E-state index in [0.29, 0.717) is 6.42 Å². The summed E-state index contributed by atoms with van der Waals surface area (Å²) < 4.78 is 0. The van der Waals surface area contributed by atoms with Crippen LogP contribution in [-0.4, -0.2) is 31.5 Å². The van der Waals surface area contributed by atoms with Gasteiger partial charge in [0.15, 0.2) is 10.8 Å². The smallest absolute Gasteiger partial charge is 0.340 e. The summed E-state index contributed by atoms with van der Waals surface area (Å²) in [5.41, 5.74) is 10.7. The molecule has 1 atom stereocenters. The lowest BCUT2D eigenvalue weighted by Crippen LogP contribution is -2.25. The van der Waals surface area contributed by atoms with Gasteiger partial charge in [-0.15, -0.1) is 11.3 Å². The summed E-state index contributed by atoms with van der Waals surface area (Å²) in [5, 5.41) is 16.1. The minimum absolute atomic E-state index is 0.195. The summed E-state index contributed by atoms with van der Waals surface area (Å²) >= 11 is 1.12. The van der Waals surface area contributed by atoms with Crippen LogP contribution in [-0.2, 0) is 9.63 Å². The number of oxime groups is 1. The SMILES string of the molecule is CCC(ON=C(C(N)=O)c1csc(N)n1)c1ncc([N+](=O)[O-])[nH]1. The van der Waals surface area contributed by atoms with Crippen LogP contribution in [0.2, 0.25) is 0 Å². The lowest BCUT2D eigenvalue weighted by atomic mass is 10.2. The number of nitrogens with one attached hydrogen (secondary N) is 1. The molecule has 0 aliphatic rings. The number of aromatic amines is 1. The molecule has 2 aromatic heterocycles. The summed E-state index contributed by atoms with van der Waals surface area (Å²) in [6.45, 7) is 1.76. The number of rotatable bonds is 7. The van der Waals surface area contributed by atoms with E-state index in [2.05, 4.69) is 20.1 Å². The normalized spacial score (nSPS) is 12.8. The Kier molecular flexibility index (Phi) is 4.85. The van der Waals surface area contributed by atoms with Gasteiger partial charge in [0.1, 0.15) is 11.9 Å². The minimum atomic E-state index is -0.837. The van der Waals surface area contributed by atoms with Gasteiger partial charge in [-0.05, 0) is 11.3 Å². The van der Waals surface area contributed by atoms with Crippen molar-refractivity contribution in [1.29, 1.82) is 0 Å². The maximum Gasteiger partial charge on any atom is 0.340 e. The number of primary amides is 1. The molecule has 1 amide bonds. The first-order chi connectivity index (χ1) is 10.9. The first-order valence-electron chi connectivity index (χ1n) is 6.36. The average molecular weight is 339 g/mol. The molecule has 2 rings (SSSR count). The van der Waals surface area contributed by atoms with Gasteiger partial charge in [-0.1, -0.05) is 12.1 Å². The van der Waals surface area contributed by atoms with Gasteiger partial charge in [0, 0.05) is 5.38 Å². The van der Waals surface area contributed by atoms with Crippen LogP contribution in [0.5, 0.6) is 0 Å². The van der Waals surface area contributed by atoms with E-state index in [4.69, 9.17) is 16.3 Å². The Morgan fingerprint density at radius 1 is 1.65 bits per heavy atom. The number of hydrogen-bond acceptors (Lipinski definition) is 9. The van der Waals surface area contributed by atoms with Crippen LogP contribution in [0.1, 0.15) is 31.0 Å². The summed E-state index contributed by atoms with van der Waals surface area (Å²) in [5.74, 6) is -0.895. The minimum Gasteiger partial charge on any atom is -0.381 e. The molecule has 0 aliphatic carbocycles. The van der Waals surface area contributed by atoms with Gasteiger partial charge in [0.05, 0.1) is 0 Å². The highest BCUT2D eigenvalue weighted by molar-refractivity contribution is 7.13. The Balaban J connectivity index is 2.22. The Morgan fingerprint density at radius 3 is 2.87 bits per heavy atom. The number of imidazole rings is 1. The quantitative estimate of drug-likeness (QED) is 0.378. The fourth-order valence-corrected chi connectivity index (χ4v) is 2.18. The van der Waals surface area contributed by atoms with Crippen molar-refractivity contribution in [2.45, 2.75) is 19.4 Å². The molecule has 0 fully saturated rings. The number of nitro groups is 1. The fourth-order valence-electron chi connectivity index (χ4n) is 1.63. The third-order valence-corrected chi connectivity index (χ3v) is 3.40. The number of nitrogens with zero attached hydrogens (tertiary/aromatic N) is 4. The van der Waals surface area contributed by atoms with Crippen molar-refractivity contribution in [3.8, 4) is 0 Å². The van der Waals surface area contributed by atoms with E-state index >= 15 is 0 Å². The fraction of sp³-hybridized carbons (Fsp3) is 0.273. The van der Waals surface area contributed by atoms with Crippen molar-refractivity contribution in [3.63, 3.8) is 0 Å². The zero-order valence-corrected chi connectivity index (χ0v) is 12.7. The number of thiazole rings is 1. The third-order valence-electron chi connectivity index (χ3n) is 2.72. The van der Waals surface area contributed by atoms with E-state index in [0.717, 1.165) is 17.5 Å². The summed E-state index contributed by atoms with van der Waals surface area (Å²) in [7, 11) is 0. The van der Waals surface area contributed by atoms with Crippen LogP contribution in [0.25, 0.3) is 0 Å². The number of amides is 1. The van der Waals surface area contributed by atoms with Crippen molar-refractivity contribution >= 4 is 33.9 Å². The number of H-pyrrole nitrogens is 1. The first-order valence-corrected chi connectivity index (χ1v) is 7.24. The van der Waals surface area contributed by atoms with E-state index in [-0.39, 0.29) is 28.2 Å². The molecule has 12 heteroatoms. The van der Waals surface area contributed by atoms with Crippen molar-refractivity contribution in [2.24, 2.45) is 10.9 Å². The Morgan fingerprint density at radius 2 is 2.39 bits per heavy atom. The lowest BCUT2D eigenvalue weighted by Gasteiger charge is -2.08. The molecular weight excluding hydrogens is 326 g/mol. The Labute approximate surface area is 133 Å². The molecule has 5 N–H and O–H groups in total. The van der Waals surface area contributed by atoms with E-state index in [9.17, 15) is 14.9 Å². The molecular formula is C11H13N7O4S. The average Bonchev–Trinajstić information content (AvgIpc) is 3.12. The van der Waals surface area contributed by atoms with Crippen LogP contribution >= 0.6 is 11.3 Å². The zero-order chi connectivity index (χ0) is 17.0. The van der Waals surface area contributed by atoms with Crippen LogP contribution < -0.4 is 11.5 Å². The number of carbonyl (C=O) groups is 1. The van der Waals surface area contributed by atoms with E-state index in [1.807, 2.05) is 0 Å². The van der Waals surface area contributed by atoms with Crippen molar-refractivity contribution in [1.82, 2.24) is 15.0 Å². The van der Waals surface area contributed by atoms with Gasteiger partial charge in [-0.2, -0.15) is 0 Å². The molecule has 0 saturated carbocycles. The standard InChI is InChI=1S/C11H13N7O4S/c1-2-6(10-14-3-7(16-10)18(20)21)22-17-8(9(12)19)5-4-23-11(13)15-5/h3-4,6H,2H2,1H3,(H2,12,19)(H2,13,15)(H,14,16). The van der Waals surface area contributed by atoms with Gasteiger partial charge in [-0.3, -0.25) is 4.79 Å². The van der Waals surface area contributed by atoms with Crippen LogP contribution in [0.4, 0.5) is 10.9 Å². The summed E-state index contributed by atoms with van der Waals surface area (Å²) in [6, 6.07) is 0. The highest BCUT2D eigenvalue weighted by Gasteiger charge is 2.22. The molecule has 1 unspecified atom stereocenters. The molecule has 122 valence electrons. The molecule has 2 heterocycles. The van der Waals surface area contributed by atoms with Crippen LogP contribution in [0.3, 0.4) is 0 Å². The first kappa shape index (κ1) is 16.4. The third kappa shape index (κ3) is 3.79. The highest BCUT2D eigenvalue weighted by Crippen LogP contribution is 2.21.